The van der Waals surface area contributed by atoms with Crippen LogP contribution in [0.1, 0.15) is 30.3 Å². The van der Waals surface area contributed by atoms with Crippen LogP contribution >= 0.6 is 11.3 Å². The molecule has 0 fully saturated rings. The van der Waals surface area contributed by atoms with Gasteiger partial charge in [-0.05, 0) is 42.6 Å². The number of carbonyl (C=O) groups is 1. The lowest BCUT2D eigenvalue weighted by atomic mass is 10.1. The fourth-order valence-electron chi connectivity index (χ4n) is 3.03. The van der Waals surface area contributed by atoms with Crippen LogP contribution in [0.5, 0.6) is 5.75 Å². The Kier molecular flexibility index (Phi) is 8.44. The molecule has 0 aliphatic carbocycles. The maximum absolute atomic E-state index is 12.2. The van der Waals surface area contributed by atoms with Crippen LogP contribution in [0, 0.1) is 0 Å². The number of benzene rings is 1. The molecule has 2 amide bonds. The number of carbonyl (C=O) groups excluding carboxylic acids is 1. The summed E-state index contributed by atoms with van der Waals surface area (Å²) >= 11 is 1.73. The first-order valence-electron chi connectivity index (χ1n) is 9.10. The van der Waals surface area contributed by atoms with Crippen molar-refractivity contribution in [1.82, 2.24) is 15.5 Å². The summed E-state index contributed by atoms with van der Waals surface area (Å²) in [4.78, 5) is 15.8. The molecule has 0 radical (unpaired) electrons. The van der Waals surface area contributed by atoms with E-state index in [4.69, 9.17) is 4.74 Å². The van der Waals surface area contributed by atoms with E-state index in [-0.39, 0.29) is 12.1 Å². The number of hydrogen-bond acceptors (Lipinski definition) is 4. The summed E-state index contributed by atoms with van der Waals surface area (Å²) in [5.74, 6) is 0.856. The van der Waals surface area contributed by atoms with E-state index in [1.165, 1.54) is 4.88 Å². The van der Waals surface area contributed by atoms with E-state index in [9.17, 15) is 4.79 Å². The summed E-state index contributed by atoms with van der Waals surface area (Å²) in [5, 5.41) is 8.04. The Morgan fingerprint density at radius 2 is 1.92 bits per heavy atom. The lowest BCUT2D eigenvalue weighted by Crippen LogP contribution is -2.42. The quantitative estimate of drug-likeness (QED) is 0.666. The fourth-order valence-corrected chi connectivity index (χ4v) is 3.89. The second kappa shape index (κ2) is 10.8. The molecule has 142 valence electrons. The summed E-state index contributed by atoms with van der Waals surface area (Å²) in [6.07, 6.45) is 0.738. The summed E-state index contributed by atoms with van der Waals surface area (Å²) in [7, 11) is 1.66. The van der Waals surface area contributed by atoms with Crippen molar-refractivity contribution in [2.24, 2.45) is 0 Å². The molecular formula is C20H29N3O2S. The minimum atomic E-state index is -0.131. The summed E-state index contributed by atoms with van der Waals surface area (Å²) < 4.78 is 5.34. The number of hydrogen-bond donors (Lipinski definition) is 2. The van der Waals surface area contributed by atoms with Crippen LogP contribution in [0.25, 0.3) is 0 Å². The van der Waals surface area contributed by atoms with Crippen molar-refractivity contribution < 1.29 is 9.53 Å². The average Bonchev–Trinajstić information content (AvgIpc) is 3.20. The molecule has 5 nitrogen and oxygen atoms in total. The minimum absolute atomic E-state index is 0.131. The van der Waals surface area contributed by atoms with Gasteiger partial charge in [0.15, 0.2) is 0 Å². The monoisotopic (exact) mass is 375 g/mol. The van der Waals surface area contributed by atoms with Gasteiger partial charge in [-0.2, -0.15) is 0 Å². The Morgan fingerprint density at radius 1 is 1.15 bits per heavy atom. The highest BCUT2D eigenvalue weighted by atomic mass is 32.1. The van der Waals surface area contributed by atoms with Crippen LogP contribution in [0.2, 0.25) is 0 Å². The van der Waals surface area contributed by atoms with Gasteiger partial charge in [0.2, 0.25) is 0 Å². The van der Waals surface area contributed by atoms with Crippen LogP contribution in [-0.4, -0.2) is 44.2 Å². The first kappa shape index (κ1) is 20.3. The molecule has 1 aromatic carbocycles. The molecule has 2 N–H and O–H groups in total. The van der Waals surface area contributed by atoms with Gasteiger partial charge in [-0.3, -0.25) is 4.90 Å². The molecule has 0 aliphatic heterocycles. The zero-order valence-electron chi connectivity index (χ0n) is 15.8. The minimum Gasteiger partial charge on any atom is -0.496 e. The average molecular weight is 376 g/mol. The molecule has 1 unspecified atom stereocenters. The van der Waals surface area contributed by atoms with Gasteiger partial charge in [-0.1, -0.05) is 38.1 Å². The number of rotatable bonds is 10. The molecule has 2 aromatic rings. The van der Waals surface area contributed by atoms with E-state index in [1.54, 1.807) is 18.4 Å². The maximum atomic E-state index is 12.2. The highest BCUT2D eigenvalue weighted by Crippen LogP contribution is 2.24. The van der Waals surface area contributed by atoms with E-state index in [2.05, 4.69) is 46.9 Å². The van der Waals surface area contributed by atoms with E-state index in [0.717, 1.165) is 30.8 Å². The lowest BCUT2D eigenvalue weighted by molar-refractivity contribution is 0.208. The number of para-hydroxylation sites is 1. The number of amides is 2. The van der Waals surface area contributed by atoms with Gasteiger partial charge < -0.3 is 15.4 Å². The number of urea groups is 1. The number of likely N-dealkylation sites (N-methyl/N-ethyl adjacent to an activating group) is 1. The third-order valence-electron chi connectivity index (χ3n) is 4.45. The normalized spacial score (nSPS) is 12.0. The van der Waals surface area contributed by atoms with Gasteiger partial charge in [0, 0.05) is 18.0 Å². The second-order valence-electron chi connectivity index (χ2n) is 5.95. The smallest absolute Gasteiger partial charge is 0.314 e. The Bertz CT molecular complexity index is 657. The zero-order chi connectivity index (χ0) is 18.8. The van der Waals surface area contributed by atoms with Crippen LogP contribution in [-0.2, 0) is 6.42 Å². The van der Waals surface area contributed by atoms with Gasteiger partial charge in [0.05, 0.1) is 13.2 Å². The third kappa shape index (κ3) is 5.75. The van der Waals surface area contributed by atoms with Crippen molar-refractivity contribution in [1.29, 1.82) is 0 Å². The van der Waals surface area contributed by atoms with E-state index >= 15 is 0 Å². The number of thiophene rings is 1. The summed E-state index contributed by atoms with van der Waals surface area (Å²) in [6, 6.07) is 12.2. The predicted molar refractivity (Wildman–Crippen MR) is 108 cm³/mol. The van der Waals surface area contributed by atoms with Crippen molar-refractivity contribution in [2.75, 3.05) is 33.3 Å². The summed E-state index contributed by atoms with van der Waals surface area (Å²) in [6.45, 7) is 7.38. The molecule has 26 heavy (non-hydrogen) atoms. The predicted octanol–water partition coefficient (Wildman–Crippen LogP) is 3.68. The van der Waals surface area contributed by atoms with Crippen molar-refractivity contribution in [3.63, 3.8) is 0 Å². The molecule has 0 saturated heterocycles. The number of ether oxygens (including phenoxy) is 1. The van der Waals surface area contributed by atoms with Crippen molar-refractivity contribution in [3.05, 3.63) is 52.2 Å². The molecule has 0 spiro atoms. The first-order valence-corrected chi connectivity index (χ1v) is 9.98. The van der Waals surface area contributed by atoms with Crippen molar-refractivity contribution in [3.8, 4) is 5.75 Å². The van der Waals surface area contributed by atoms with E-state index in [0.29, 0.717) is 13.1 Å². The van der Waals surface area contributed by atoms with Gasteiger partial charge in [0.1, 0.15) is 5.75 Å². The molecule has 0 saturated carbocycles. The second-order valence-corrected chi connectivity index (χ2v) is 6.93. The largest absolute Gasteiger partial charge is 0.496 e. The Labute approximate surface area is 160 Å². The van der Waals surface area contributed by atoms with Gasteiger partial charge in [-0.15, -0.1) is 11.3 Å². The SMILES string of the molecule is CCN(CC)C(CNC(=O)NCCc1ccccc1OC)c1cccs1. The van der Waals surface area contributed by atoms with Crippen molar-refractivity contribution in [2.45, 2.75) is 26.3 Å². The molecule has 2 rings (SSSR count). The highest BCUT2D eigenvalue weighted by Gasteiger charge is 2.19. The first-order chi connectivity index (χ1) is 12.7. The van der Waals surface area contributed by atoms with Crippen LogP contribution in [0.4, 0.5) is 4.79 Å². The third-order valence-corrected chi connectivity index (χ3v) is 5.43. The standard InChI is InChI=1S/C20H29N3O2S/c1-4-23(5-2)17(19-11-8-14-26-19)15-22-20(24)21-13-12-16-9-6-7-10-18(16)25-3/h6-11,14,17H,4-5,12-13,15H2,1-3H3,(H2,21,22,24). The number of methoxy groups -OCH3 is 1. The molecule has 0 bridgehead atoms. The number of nitrogens with one attached hydrogen (secondary N) is 2. The van der Waals surface area contributed by atoms with Crippen molar-refractivity contribution >= 4 is 17.4 Å². The molecular weight excluding hydrogens is 346 g/mol. The van der Waals surface area contributed by atoms with Gasteiger partial charge >= 0.3 is 6.03 Å². The Balaban J connectivity index is 1.82. The number of nitrogens with zero attached hydrogens (tertiary/aromatic N) is 1. The lowest BCUT2D eigenvalue weighted by Gasteiger charge is -2.29. The molecule has 1 atom stereocenters. The van der Waals surface area contributed by atoms with E-state index < -0.39 is 0 Å². The van der Waals surface area contributed by atoms with Gasteiger partial charge in [-0.25, -0.2) is 4.79 Å². The van der Waals surface area contributed by atoms with E-state index in [1.807, 2.05) is 24.3 Å². The summed E-state index contributed by atoms with van der Waals surface area (Å²) in [5.41, 5.74) is 1.09. The Morgan fingerprint density at radius 3 is 2.58 bits per heavy atom. The highest BCUT2D eigenvalue weighted by molar-refractivity contribution is 7.10. The zero-order valence-corrected chi connectivity index (χ0v) is 16.6. The molecule has 1 heterocycles. The molecule has 0 aliphatic rings. The van der Waals surface area contributed by atoms with Crippen LogP contribution in [0.3, 0.4) is 0 Å². The topological polar surface area (TPSA) is 53.6 Å². The fraction of sp³-hybridized carbons (Fsp3) is 0.450. The molecule has 6 heteroatoms. The van der Waals surface area contributed by atoms with Crippen LogP contribution < -0.4 is 15.4 Å². The van der Waals surface area contributed by atoms with Crippen LogP contribution in [0.15, 0.2) is 41.8 Å². The molecule has 1 aromatic heterocycles. The Hall–Kier alpha value is -2.05. The maximum Gasteiger partial charge on any atom is 0.314 e. The van der Waals surface area contributed by atoms with Gasteiger partial charge in [0.25, 0.3) is 0 Å².